The first-order chi connectivity index (χ1) is 10.0. The number of amides is 1. The van der Waals surface area contributed by atoms with Crippen LogP contribution in [0.2, 0.25) is 5.15 Å². The molecule has 2 rings (SSSR count). The summed E-state index contributed by atoms with van der Waals surface area (Å²) >= 11 is 5.64. The quantitative estimate of drug-likeness (QED) is 0.921. The fraction of sp³-hybridized carbons (Fsp3) is 0.154. The molecule has 1 aromatic carbocycles. The molecular weight excluding hydrogens is 304 g/mol. The predicted octanol–water partition coefficient (Wildman–Crippen LogP) is 2.66. The topological polar surface area (TPSA) is 64.1 Å². The van der Waals surface area contributed by atoms with E-state index in [9.17, 15) is 13.6 Å². The molecule has 1 N–H and O–H groups in total. The van der Waals surface area contributed by atoms with Crippen LogP contribution in [0.1, 0.15) is 16.1 Å². The van der Waals surface area contributed by atoms with Gasteiger partial charge in [-0.15, -0.1) is 0 Å². The van der Waals surface area contributed by atoms with Crippen LogP contribution >= 0.6 is 11.6 Å². The Morgan fingerprint density at radius 1 is 1.29 bits per heavy atom. The minimum atomic E-state index is -2.86. The van der Waals surface area contributed by atoms with Crippen molar-refractivity contribution in [3.05, 3.63) is 53.1 Å². The first kappa shape index (κ1) is 15.1. The average molecular weight is 314 g/mol. The van der Waals surface area contributed by atoms with Crippen molar-refractivity contribution in [2.24, 2.45) is 0 Å². The molecule has 0 aliphatic heterocycles. The van der Waals surface area contributed by atoms with E-state index >= 15 is 0 Å². The smallest absolute Gasteiger partial charge is 0.387 e. The fourth-order valence-corrected chi connectivity index (χ4v) is 1.66. The lowest BCUT2D eigenvalue weighted by molar-refractivity contribution is -0.0498. The number of rotatable bonds is 5. The fourth-order valence-electron chi connectivity index (χ4n) is 1.51. The monoisotopic (exact) mass is 313 g/mol. The molecule has 0 aliphatic rings. The summed E-state index contributed by atoms with van der Waals surface area (Å²) < 4.78 is 28.2. The molecule has 0 bridgehead atoms. The van der Waals surface area contributed by atoms with Gasteiger partial charge in [-0.3, -0.25) is 9.78 Å². The summed E-state index contributed by atoms with van der Waals surface area (Å²) in [5, 5.41) is 2.74. The number of hydrogen-bond donors (Lipinski definition) is 1. The Balaban J connectivity index is 1.92. The standard InChI is InChI=1S/C13H10ClF2N3O2/c14-11-7-17-6-10(19-11)12(20)18-5-8-1-3-9(4-2-8)21-13(15)16/h1-4,6-7,13H,5H2,(H,18,20). The molecule has 0 saturated carbocycles. The number of nitrogens with one attached hydrogen (secondary N) is 1. The first-order valence-corrected chi connectivity index (χ1v) is 6.22. The van der Waals surface area contributed by atoms with Gasteiger partial charge in [-0.2, -0.15) is 8.78 Å². The second-order valence-corrected chi connectivity index (χ2v) is 4.32. The van der Waals surface area contributed by atoms with Crippen LogP contribution in [0.5, 0.6) is 5.75 Å². The number of carbonyl (C=O) groups excluding carboxylic acids is 1. The molecule has 0 aliphatic carbocycles. The maximum atomic E-state index is 12.0. The number of halogens is 3. The Kier molecular flexibility index (Phi) is 4.99. The van der Waals surface area contributed by atoms with Gasteiger partial charge in [-0.25, -0.2) is 4.98 Å². The zero-order valence-electron chi connectivity index (χ0n) is 10.6. The highest BCUT2D eigenvalue weighted by Gasteiger charge is 2.08. The van der Waals surface area contributed by atoms with Crippen molar-refractivity contribution in [1.29, 1.82) is 0 Å². The number of aromatic nitrogens is 2. The van der Waals surface area contributed by atoms with Crippen LogP contribution in [-0.2, 0) is 6.54 Å². The molecule has 0 radical (unpaired) electrons. The van der Waals surface area contributed by atoms with Gasteiger partial charge in [-0.1, -0.05) is 23.7 Å². The Morgan fingerprint density at radius 2 is 2.00 bits per heavy atom. The van der Waals surface area contributed by atoms with Crippen molar-refractivity contribution >= 4 is 17.5 Å². The van der Waals surface area contributed by atoms with Gasteiger partial charge in [0.1, 0.15) is 16.6 Å². The Bertz CT molecular complexity index is 623. The van der Waals surface area contributed by atoms with Crippen molar-refractivity contribution < 1.29 is 18.3 Å². The summed E-state index contributed by atoms with van der Waals surface area (Å²) in [7, 11) is 0. The normalized spacial score (nSPS) is 10.5. The SMILES string of the molecule is O=C(NCc1ccc(OC(F)F)cc1)c1cncc(Cl)n1. The van der Waals surface area contributed by atoms with Crippen molar-refractivity contribution in [2.45, 2.75) is 13.2 Å². The molecule has 0 saturated heterocycles. The van der Waals surface area contributed by atoms with Gasteiger partial charge in [0.15, 0.2) is 0 Å². The van der Waals surface area contributed by atoms with E-state index in [2.05, 4.69) is 20.0 Å². The van der Waals surface area contributed by atoms with Gasteiger partial charge in [0, 0.05) is 6.54 Å². The van der Waals surface area contributed by atoms with E-state index in [1.54, 1.807) is 12.1 Å². The third-order valence-electron chi connectivity index (χ3n) is 2.44. The zero-order valence-corrected chi connectivity index (χ0v) is 11.3. The van der Waals surface area contributed by atoms with E-state index in [1.807, 2.05) is 0 Å². The van der Waals surface area contributed by atoms with Gasteiger partial charge >= 0.3 is 6.61 Å². The van der Waals surface area contributed by atoms with Crippen LogP contribution in [0.4, 0.5) is 8.78 Å². The van der Waals surface area contributed by atoms with Gasteiger partial charge in [0.25, 0.3) is 5.91 Å². The average Bonchev–Trinajstić information content (AvgIpc) is 2.45. The largest absolute Gasteiger partial charge is 0.435 e. The molecule has 2 aromatic rings. The number of alkyl halides is 2. The molecule has 0 fully saturated rings. The second-order valence-electron chi connectivity index (χ2n) is 3.93. The molecule has 0 spiro atoms. The van der Waals surface area contributed by atoms with E-state index in [-0.39, 0.29) is 23.1 Å². The van der Waals surface area contributed by atoms with Crippen molar-refractivity contribution in [3.63, 3.8) is 0 Å². The predicted molar refractivity (Wildman–Crippen MR) is 71.3 cm³/mol. The lowest BCUT2D eigenvalue weighted by atomic mass is 10.2. The van der Waals surface area contributed by atoms with Crippen LogP contribution in [0.25, 0.3) is 0 Å². The molecule has 110 valence electrons. The number of nitrogens with zero attached hydrogens (tertiary/aromatic N) is 2. The Labute approximate surface area is 123 Å². The summed E-state index contributed by atoms with van der Waals surface area (Å²) in [6.45, 7) is -2.65. The number of ether oxygens (including phenoxy) is 1. The molecule has 1 amide bonds. The third-order valence-corrected chi connectivity index (χ3v) is 2.62. The highest BCUT2D eigenvalue weighted by atomic mass is 35.5. The highest BCUT2D eigenvalue weighted by Crippen LogP contribution is 2.14. The summed E-state index contributed by atoms with van der Waals surface area (Å²) in [4.78, 5) is 19.4. The zero-order chi connectivity index (χ0) is 15.2. The van der Waals surface area contributed by atoms with E-state index < -0.39 is 12.5 Å². The molecule has 0 atom stereocenters. The van der Waals surface area contributed by atoms with Crippen LogP contribution in [0.15, 0.2) is 36.7 Å². The van der Waals surface area contributed by atoms with Crippen LogP contribution in [-0.4, -0.2) is 22.5 Å². The molecular formula is C13H10ClF2N3O2. The van der Waals surface area contributed by atoms with Crippen LogP contribution < -0.4 is 10.1 Å². The summed E-state index contributed by atoms with van der Waals surface area (Å²) in [5.41, 5.74) is 0.820. The Hall–Kier alpha value is -2.28. The van der Waals surface area contributed by atoms with Crippen molar-refractivity contribution in [2.75, 3.05) is 0 Å². The van der Waals surface area contributed by atoms with E-state index in [0.29, 0.717) is 0 Å². The van der Waals surface area contributed by atoms with Gasteiger partial charge in [0.2, 0.25) is 0 Å². The van der Waals surface area contributed by atoms with E-state index in [1.165, 1.54) is 24.5 Å². The Morgan fingerprint density at radius 3 is 2.62 bits per heavy atom. The highest BCUT2D eigenvalue weighted by molar-refractivity contribution is 6.29. The summed E-state index contributed by atoms with van der Waals surface area (Å²) in [5.74, 6) is -0.376. The third kappa shape index (κ3) is 4.64. The number of hydrogen-bond acceptors (Lipinski definition) is 4. The molecule has 1 heterocycles. The molecule has 1 aromatic heterocycles. The van der Waals surface area contributed by atoms with Gasteiger partial charge in [-0.05, 0) is 17.7 Å². The first-order valence-electron chi connectivity index (χ1n) is 5.84. The van der Waals surface area contributed by atoms with Crippen molar-refractivity contribution in [3.8, 4) is 5.75 Å². The summed E-state index contributed by atoms with van der Waals surface area (Å²) in [6, 6.07) is 5.93. The van der Waals surface area contributed by atoms with Gasteiger partial charge in [0.05, 0.1) is 12.4 Å². The minimum Gasteiger partial charge on any atom is -0.435 e. The number of carbonyl (C=O) groups is 1. The molecule has 21 heavy (non-hydrogen) atoms. The second kappa shape index (κ2) is 6.94. The maximum absolute atomic E-state index is 12.0. The van der Waals surface area contributed by atoms with Crippen LogP contribution in [0.3, 0.4) is 0 Å². The van der Waals surface area contributed by atoms with Crippen molar-refractivity contribution in [1.82, 2.24) is 15.3 Å². The summed E-state index contributed by atoms with van der Waals surface area (Å²) in [6.07, 6.45) is 2.61. The lowest BCUT2D eigenvalue weighted by Crippen LogP contribution is -2.24. The van der Waals surface area contributed by atoms with E-state index in [0.717, 1.165) is 5.56 Å². The molecule has 8 heteroatoms. The molecule has 5 nitrogen and oxygen atoms in total. The maximum Gasteiger partial charge on any atom is 0.387 e. The number of benzene rings is 1. The van der Waals surface area contributed by atoms with E-state index in [4.69, 9.17) is 11.6 Å². The van der Waals surface area contributed by atoms with Gasteiger partial charge < -0.3 is 10.1 Å². The lowest BCUT2D eigenvalue weighted by Gasteiger charge is -2.07. The molecule has 0 unspecified atom stereocenters. The van der Waals surface area contributed by atoms with Crippen LogP contribution in [0, 0.1) is 0 Å². The minimum absolute atomic E-state index is 0.0563.